The summed E-state index contributed by atoms with van der Waals surface area (Å²) in [5.41, 5.74) is 0.130. The Balaban J connectivity index is 1.38. The SMILES string of the molecule is O=C(NCC1(N2CCOCC2)CCCCC1)C1CCc2ncnn2C1. The van der Waals surface area contributed by atoms with E-state index in [2.05, 4.69) is 20.3 Å². The maximum atomic E-state index is 12.8. The highest BCUT2D eigenvalue weighted by Gasteiger charge is 2.39. The molecule has 138 valence electrons. The molecule has 3 heterocycles. The third kappa shape index (κ3) is 3.58. The number of nitrogens with zero attached hydrogens (tertiary/aromatic N) is 4. The summed E-state index contributed by atoms with van der Waals surface area (Å²) in [7, 11) is 0. The van der Waals surface area contributed by atoms with E-state index in [1.54, 1.807) is 6.33 Å². The van der Waals surface area contributed by atoms with Gasteiger partial charge in [0.2, 0.25) is 5.91 Å². The maximum absolute atomic E-state index is 12.8. The van der Waals surface area contributed by atoms with E-state index in [1.165, 1.54) is 32.1 Å². The number of hydrogen-bond acceptors (Lipinski definition) is 5. The van der Waals surface area contributed by atoms with Crippen LogP contribution in [0.5, 0.6) is 0 Å². The molecular formula is C18H29N5O2. The van der Waals surface area contributed by atoms with Gasteiger partial charge in [-0.3, -0.25) is 9.69 Å². The van der Waals surface area contributed by atoms with E-state index in [0.29, 0.717) is 6.54 Å². The first-order valence-corrected chi connectivity index (χ1v) is 9.74. The number of rotatable bonds is 4. The molecule has 25 heavy (non-hydrogen) atoms. The van der Waals surface area contributed by atoms with Gasteiger partial charge in [0, 0.05) is 31.6 Å². The van der Waals surface area contributed by atoms with Crippen molar-refractivity contribution < 1.29 is 9.53 Å². The van der Waals surface area contributed by atoms with Crippen molar-refractivity contribution in [1.29, 1.82) is 0 Å². The zero-order valence-electron chi connectivity index (χ0n) is 15.0. The molecule has 1 aliphatic carbocycles. The second-order valence-corrected chi connectivity index (χ2v) is 7.70. The monoisotopic (exact) mass is 347 g/mol. The molecule has 0 bridgehead atoms. The predicted octanol–water partition coefficient (Wildman–Crippen LogP) is 0.992. The van der Waals surface area contributed by atoms with Crippen LogP contribution in [0.15, 0.2) is 6.33 Å². The van der Waals surface area contributed by atoms with Gasteiger partial charge in [-0.05, 0) is 19.3 Å². The number of carbonyl (C=O) groups is 1. The highest BCUT2D eigenvalue weighted by atomic mass is 16.5. The Kier molecular flexibility index (Phi) is 5.03. The Morgan fingerprint density at radius 1 is 1.28 bits per heavy atom. The Labute approximate surface area is 149 Å². The average molecular weight is 347 g/mol. The van der Waals surface area contributed by atoms with Gasteiger partial charge in [-0.1, -0.05) is 19.3 Å². The molecule has 1 aromatic heterocycles. The molecule has 1 atom stereocenters. The molecule has 1 unspecified atom stereocenters. The predicted molar refractivity (Wildman–Crippen MR) is 93.1 cm³/mol. The Hall–Kier alpha value is -1.47. The number of hydrogen-bond donors (Lipinski definition) is 1. The van der Waals surface area contributed by atoms with E-state index in [0.717, 1.165) is 51.5 Å². The van der Waals surface area contributed by atoms with Gasteiger partial charge in [-0.25, -0.2) is 9.67 Å². The van der Waals surface area contributed by atoms with E-state index in [1.807, 2.05) is 4.68 Å². The summed E-state index contributed by atoms with van der Waals surface area (Å²) in [4.78, 5) is 19.6. The lowest BCUT2D eigenvalue weighted by atomic mass is 9.79. The molecule has 4 rings (SSSR count). The van der Waals surface area contributed by atoms with Gasteiger partial charge in [-0.2, -0.15) is 5.10 Å². The van der Waals surface area contributed by atoms with Crippen LogP contribution < -0.4 is 5.32 Å². The van der Waals surface area contributed by atoms with Gasteiger partial charge in [-0.15, -0.1) is 0 Å². The molecule has 2 fully saturated rings. The number of aryl methyl sites for hydroxylation is 1. The molecule has 7 heteroatoms. The highest BCUT2D eigenvalue weighted by molar-refractivity contribution is 5.78. The van der Waals surface area contributed by atoms with E-state index < -0.39 is 0 Å². The quantitative estimate of drug-likeness (QED) is 0.879. The average Bonchev–Trinajstić information content (AvgIpc) is 3.15. The van der Waals surface area contributed by atoms with Crippen LogP contribution in [0.2, 0.25) is 0 Å². The lowest BCUT2D eigenvalue weighted by molar-refractivity contribution is -0.127. The number of morpholine rings is 1. The molecule has 7 nitrogen and oxygen atoms in total. The van der Waals surface area contributed by atoms with Crippen molar-refractivity contribution in [2.45, 2.75) is 57.0 Å². The van der Waals surface area contributed by atoms with Crippen molar-refractivity contribution >= 4 is 5.91 Å². The summed E-state index contributed by atoms with van der Waals surface area (Å²) < 4.78 is 7.42. The van der Waals surface area contributed by atoms with Crippen LogP contribution in [0, 0.1) is 5.92 Å². The number of amides is 1. The summed E-state index contributed by atoms with van der Waals surface area (Å²) in [6.07, 6.45) is 9.51. The number of ether oxygens (including phenoxy) is 1. The smallest absolute Gasteiger partial charge is 0.225 e. The van der Waals surface area contributed by atoms with Crippen molar-refractivity contribution in [3.8, 4) is 0 Å². The number of aromatic nitrogens is 3. The molecule has 1 saturated heterocycles. The molecule has 2 aliphatic heterocycles. The molecule has 0 spiro atoms. The summed E-state index contributed by atoms with van der Waals surface area (Å²) in [5.74, 6) is 1.19. The van der Waals surface area contributed by atoms with Crippen LogP contribution in [0.1, 0.15) is 44.3 Å². The molecule has 3 aliphatic rings. The molecule has 1 saturated carbocycles. The lowest BCUT2D eigenvalue weighted by Crippen LogP contribution is -2.60. The van der Waals surface area contributed by atoms with E-state index in [4.69, 9.17) is 4.74 Å². The van der Waals surface area contributed by atoms with Crippen molar-refractivity contribution in [3.63, 3.8) is 0 Å². The fraction of sp³-hybridized carbons (Fsp3) is 0.833. The van der Waals surface area contributed by atoms with E-state index in [-0.39, 0.29) is 17.4 Å². The summed E-state index contributed by atoms with van der Waals surface area (Å²) >= 11 is 0. The van der Waals surface area contributed by atoms with Gasteiger partial charge >= 0.3 is 0 Å². The third-order valence-corrected chi connectivity index (χ3v) is 6.23. The first-order valence-electron chi connectivity index (χ1n) is 9.74. The van der Waals surface area contributed by atoms with Crippen LogP contribution in [-0.2, 0) is 22.5 Å². The van der Waals surface area contributed by atoms with Gasteiger partial charge < -0.3 is 10.1 Å². The molecule has 0 radical (unpaired) electrons. The fourth-order valence-corrected chi connectivity index (χ4v) is 4.70. The van der Waals surface area contributed by atoms with Crippen LogP contribution in [0.25, 0.3) is 0 Å². The minimum Gasteiger partial charge on any atom is -0.379 e. The van der Waals surface area contributed by atoms with E-state index >= 15 is 0 Å². The van der Waals surface area contributed by atoms with E-state index in [9.17, 15) is 4.79 Å². The summed E-state index contributed by atoms with van der Waals surface area (Å²) in [5, 5.41) is 7.53. The van der Waals surface area contributed by atoms with Gasteiger partial charge in [0.05, 0.1) is 25.7 Å². The Bertz CT molecular complexity index is 590. The summed E-state index contributed by atoms with van der Waals surface area (Å²) in [6, 6.07) is 0. The number of fused-ring (bicyclic) bond motifs is 1. The standard InChI is InChI=1S/C18H29N5O2/c24-17(15-4-5-16-20-14-21-23(16)12-15)19-13-18(6-2-1-3-7-18)22-8-10-25-11-9-22/h14-15H,1-13H2,(H,19,24). The lowest BCUT2D eigenvalue weighted by Gasteiger charge is -2.48. The minimum atomic E-state index is 0.0135. The fourth-order valence-electron chi connectivity index (χ4n) is 4.70. The topological polar surface area (TPSA) is 72.3 Å². The molecule has 1 aromatic rings. The molecular weight excluding hydrogens is 318 g/mol. The third-order valence-electron chi connectivity index (χ3n) is 6.23. The van der Waals surface area contributed by atoms with Crippen LogP contribution in [0.4, 0.5) is 0 Å². The number of carbonyl (C=O) groups excluding carboxylic acids is 1. The van der Waals surface area contributed by atoms with Crippen LogP contribution >= 0.6 is 0 Å². The zero-order valence-corrected chi connectivity index (χ0v) is 15.0. The van der Waals surface area contributed by atoms with Crippen molar-refractivity contribution in [2.24, 2.45) is 5.92 Å². The molecule has 0 aromatic carbocycles. The second-order valence-electron chi connectivity index (χ2n) is 7.70. The Morgan fingerprint density at radius 2 is 2.08 bits per heavy atom. The normalized spacial score (nSPS) is 26.8. The van der Waals surface area contributed by atoms with Crippen LogP contribution in [-0.4, -0.2) is 64.0 Å². The first-order chi connectivity index (χ1) is 12.3. The van der Waals surface area contributed by atoms with Crippen molar-refractivity contribution in [2.75, 3.05) is 32.8 Å². The number of nitrogens with one attached hydrogen (secondary N) is 1. The van der Waals surface area contributed by atoms with Gasteiger partial charge in [0.1, 0.15) is 12.2 Å². The van der Waals surface area contributed by atoms with Crippen molar-refractivity contribution in [1.82, 2.24) is 25.0 Å². The molecule has 1 N–H and O–H groups in total. The zero-order chi connectivity index (χ0) is 17.1. The Morgan fingerprint density at radius 3 is 2.88 bits per heavy atom. The van der Waals surface area contributed by atoms with Gasteiger partial charge in [0.25, 0.3) is 0 Å². The highest BCUT2D eigenvalue weighted by Crippen LogP contribution is 2.34. The largest absolute Gasteiger partial charge is 0.379 e. The van der Waals surface area contributed by atoms with Gasteiger partial charge in [0.15, 0.2) is 0 Å². The second kappa shape index (κ2) is 7.41. The molecule has 1 amide bonds. The van der Waals surface area contributed by atoms with Crippen molar-refractivity contribution in [3.05, 3.63) is 12.2 Å². The summed E-state index contributed by atoms with van der Waals surface area (Å²) in [6.45, 7) is 5.03. The first kappa shape index (κ1) is 17.0. The maximum Gasteiger partial charge on any atom is 0.225 e. The van der Waals surface area contributed by atoms with Crippen LogP contribution in [0.3, 0.4) is 0 Å². The minimum absolute atomic E-state index is 0.0135.